The number of aromatic nitrogens is 2. The molecule has 1 fully saturated rings. The van der Waals surface area contributed by atoms with Gasteiger partial charge in [0.2, 0.25) is 5.91 Å². The lowest BCUT2D eigenvalue weighted by atomic mass is 10.1. The molecular formula is C19H29Cl2N5O2. The SMILES string of the molecule is CNC(C(=O)NCC1CN(Cc2ccccc2)CCO1)c1cnn(C)c1.Cl.Cl. The van der Waals surface area contributed by atoms with Gasteiger partial charge in [0.15, 0.2) is 0 Å². The second-order valence-corrected chi connectivity index (χ2v) is 6.63. The zero-order chi connectivity index (χ0) is 18.4. The predicted molar refractivity (Wildman–Crippen MR) is 114 cm³/mol. The number of amides is 1. The van der Waals surface area contributed by atoms with Crippen molar-refractivity contribution in [3.63, 3.8) is 0 Å². The number of benzene rings is 1. The molecule has 1 aromatic carbocycles. The molecule has 3 rings (SSSR count). The summed E-state index contributed by atoms with van der Waals surface area (Å²) in [4.78, 5) is 14.9. The molecule has 1 aromatic heterocycles. The number of halogens is 2. The first kappa shape index (κ1) is 24.4. The van der Waals surface area contributed by atoms with Crippen LogP contribution in [0.15, 0.2) is 42.7 Å². The minimum absolute atomic E-state index is 0. The second kappa shape index (κ2) is 12.0. The van der Waals surface area contributed by atoms with Crippen molar-refractivity contribution in [3.05, 3.63) is 53.9 Å². The number of carbonyl (C=O) groups excluding carboxylic acids is 1. The lowest BCUT2D eigenvalue weighted by Gasteiger charge is -2.33. The Bertz CT molecular complexity index is 713. The van der Waals surface area contributed by atoms with Crippen LogP contribution < -0.4 is 10.6 Å². The summed E-state index contributed by atoms with van der Waals surface area (Å²) in [6.07, 6.45) is 3.56. The number of aryl methyl sites for hydroxylation is 1. The van der Waals surface area contributed by atoms with E-state index in [1.54, 1.807) is 17.9 Å². The van der Waals surface area contributed by atoms with Crippen LogP contribution in [0.4, 0.5) is 0 Å². The van der Waals surface area contributed by atoms with E-state index < -0.39 is 6.04 Å². The Morgan fingerprint density at radius 1 is 1.32 bits per heavy atom. The highest BCUT2D eigenvalue weighted by Crippen LogP contribution is 2.13. The molecule has 2 atom stereocenters. The first-order chi connectivity index (χ1) is 12.7. The van der Waals surface area contributed by atoms with E-state index in [1.165, 1.54) is 5.56 Å². The minimum Gasteiger partial charge on any atom is -0.374 e. The third kappa shape index (κ3) is 6.76. The van der Waals surface area contributed by atoms with E-state index in [9.17, 15) is 4.79 Å². The zero-order valence-corrected chi connectivity index (χ0v) is 17.8. The molecule has 7 nitrogen and oxygen atoms in total. The molecule has 1 amide bonds. The van der Waals surface area contributed by atoms with Gasteiger partial charge in [-0.2, -0.15) is 5.10 Å². The Hall–Kier alpha value is -1.64. The molecule has 0 spiro atoms. The maximum absolute atomic E-state index is 12.5. The monoisotopic (exact) mass is 429 g/mol. The molecule has 2 heterocycles. The van der Waals surface area contributed by atoms with Crippen molar-refractivity contribution in [1.29, 1.82) is 0 Å². The van der Waals surface area contributed by atoms with Crippen molar-refractivity contribution in [2.45, 2.75) is 18.7 Å². The van der Waals surface area contributed by atoms with Gasteiger partial charge in [-0.1, -0.05) is 30.3 Å². The van der Waals surface area contributed by atoms with Crippen molar-refractivity contribution >= 4 is 30.7 Å². The Morgan fingerprint density at radius 2 is 2.07 bits per heavy atom. The second-order valence-electron chi connectivity index (χ2n) is 6.63. The first-order valence-electron chi connectivity index (χ1n) is 8.97. The maximum Gasteiger partial charge on any atom is 0.241 e. The third-order valence-electron chi connectivity index (χ3n) is 4.58. The van der Waals surface area contributed by atoms with Crippen molar-refractivity contribution in [2.75, 3.05) is 33.3 Å². The molecular weight excluding hydrogens is 401 g/mol. The standard InChI is InChI=1S/C19H27N5O2.2ClH/c1-20-18(16-10-22-23(2)13-16)19(25)21-11-17-14-24(8-9-26-17)12-15-6-4-3-5-7-15;;/h3-7,10,13,17-18,20H,8-9,11-12,14H2,1-2H3,(H,21,25);2*1H. The number of ether oxygens (including phenoxy) is 1. The molecule has 2 unspecified atom stereocenters. The molecule has 0 aliphatic carbocycles. The quantitative estimate of drug-likeness (QED) is 0.698. The Morgan fingerprint density at radius 3 is 2.71 bits per heavy atom. The summed E-state index contributed by atoms with van der Waals surface area (Å²) in [5.41, 5.74) is 2.15. The first-order valence-corrected chi connectivity index (χ1v) is 8.97. The Kier molecular flexibility index (Phi) is 10.5. The number of likely N-dealkylation sites (N-methyl/N-ethyl adjacent to an activating group) is 1. The average Bonchev–Trinajstić information content (AvgIpc) is 3.08. The fraction of sp³-hybridized carbons (Fsp3) is 0.474. The van der Waals surface area contributed by atoms with Gasteiger partial charge in [-0.15, -0.1) is 24.8 Å². The van der Waals surface area contributed by atoms with Crippen LogP contribution in [-0.4, -0.2) is 60.0 Å². The van der Waals surface area contributed by atoms with Gasteiger partial charge >= 0.3 is 0 Å². The molecule has 2 aromatic rings. The van der Waals surface area contributed by atoms with Gasteiger partial charge in [0.1, 0.15) is 6.04 Å². The number of morpholine rings is 1. The van der Waals surface area contributed by atoms with Gasteiger partial charge < -0.3 is 15.4 Å². The molecule has 1 aliphatic heterocycles. The highest BCUT2D eigenvalue weighted by molar-refractivity contribution is 5.85. The molecule has 9 heteroatoms. The topological polar surface area (TPSA) is 71.4 Å². The van der Waals surface area contributed by atoms with E-state index in [4.69, 9.17) is 4.74 Å². The molecule has 2 N–H and O–H groups in total. The highest BCUT2D eigenvalue weighted by Gasteiger charge is 2.24. The average molecular weight is 430 g/mol. The van der Waals surface area contributed by atoms with Gasteiger partial charge in [-0.3, -0.25) is 14.4 Å². The van der Waals surface area contributed by atoms with E-state index in [2.05, 4.69) is 44.9 Å². The summed E-state index contributed by atoms with van der Waals surface area (Å²) in [6, 6.07) is 10.0. The normalized spacial score (nSPS) is 17.9. The fourth-order valence-corrected chi connectivity index (χ4v) is 3.24. The number of rotatable bonds is 7. The summed E-state index contributed by atoms with van der Waals surface area (Å²) in [6.45, 7) is 3.82. The van der Waals surface area contributed by atoms with Gasteiger partial charge in [0, 0.05) is 45.0 Å². The number of nitrogens with zero attached hydrogens (tertiary/aromatic N) is 3. The summed E-state index contributed by atoms with van der Waals surface area (Å²) in [5, 5.41) is 10.2. The molecule has 156 valence electrons. The van der Waals surface area contributed by atoms with Gasteiger partial charge in [0.05, 0.1) is 18.9 Å². The Labute approximate surface area is 178 Å². The zero-order valence-electron chi connectivity index (χ0n) is 16.2. The lowest BCUT2D eigenvalue weighted by molar-refractivity contribution is -0.124. The summed E-state index contributed by atoms with van der Waals surface area (Å²) < 4.78 is 7.52. The highest BCUT2D eigenvalue weighted by atomic mass is 35.5. The van der Waals surface area contributed by atoms with Crippen LogP contribution >= 0.6 is 24.8 Å². The van der Waals surface area contributed by atoms with Crippen molar-refractivity contribution in [2.24, 2.45) is 7.05 Å². The molecule has 0 bridgehead atoms. The smallest absolute Gasteiger partial charge is 0.241 e. The van der Waals surface area contributed by atoms with E-state index in [1.807, 2.05) is 19.3 Å². The molecule has 28 heavy (non-hydrogen) atoms. The number of carbonyl (C=O) groups is 1. The van der Waals surface area contributed by atoms with Crippen LogP contribution in [0, 0.1) is 0 Å². The van der Waals surface area contributed by atoms with Crippen LogP contribution in [0.1, 0.15) is 17.2 Å². The summed E-state index contributed by atoms with van der Waals surface area (Å²) in [7, 11) is 3.61. The summed E-state index contributed by atoms with van der Waals surface area (Å²) >= 11 is 0. The van der Waals surface area contributed by atoms with Gasteiger partial charge in [-0.05, 0) is 12.6 Å². The fourth-order valence-electron chi connectivity index (χ4n) is 3.24. The molecule has 1 aliphatic rings. The molecule has 1 saturated heterocycles. The maximum atomic E-state index is 12.5. The summed E-state index contributed by atoms with van der Waals surface area (Å²) in [5.74, 6) is -0.0655. The van der Waals surface area contributed by atoms with Crippen molar-refractivity contribution in [1.82, 2.24) is 25.3 Å². The van der Waals surface area contributed by atoms with Crippen LogP contribution in [0.2, 0.25) is 0 Å². The third-order valence-corrected chi connectivity index (χ3v) is 4.58. The largest absolute Gasteiger partial charge is 0.374 e. The van der Waals surface area contributed by atoms with E-state index in [-0.39, 0.29) is 36.8 Å². The number of nitrogens with one attached hydrogen (secondary N) is 2. The Balaban J connectivity index is 0.00000196. The van der Waals surface area contributed by atoms with Crippen molar-refractivity contribution < 1.29 is 9.53 Å². The van der Waals surface area contributed by atoms with Gasteiger partial charge in [-0.25, -0.2) is 0 Å². The van der Waals surface area contributed by atoms with Crippen LogP contribution in [0.3, 0.4) is 0 Å². The van der Waals surface area contributed by atoms with E-state index in [0.29, 0.717) is 13.2 Å². The van der Waals surface area contributed by atoms with Crippen LogP contribution in [0.5, 0.6) is 0 Å². The molecule has 0 radical (unpaired) electrons. The number of hydrogen-bond acceptors (Lipinski definition) is 5. The van der Waals surface area contributed by atoms with Crippen molar-refractivity contribution in [3.8, 4) is 0 Å². The molecule has 0 saturated carbocycles. The number of hydrogen-bond donors (Lipinski definition) is 2. The predicted octanol–water partition coefficient (Wildman–Crippen LogP) is 1.54. The van der Waals surface area contributed by atoms with E-state index in [0.717, 1.165) is 25.2 Å². The lowest BCUT2D eigenvalue weighted by Crippen LogP contribution is -2.48. The van der Waals surface area contributed by atoms with E-state index >= 15 is 0 Å². The van der Waals surface area contributed by atoms with Crippen LogP contribution in [-0.2, 0) is 23.1 Å². The van der Waals surface area contributed by atoms with Crippen LogP contribution in [0.25, 0.3) is 0 Å². The van der Waals surface area contributed by atoms with Gasteiger partial charge in [0.25, 0.3) is 0 Å². The minimum atomic E-state index is -0.410.